The number of carboxylic acids is 1. The van der Waals surface area contributed by atoms with Crippen molar-refractivity contribution in [3.8, 4) is 17.2 Å². The molecule has 3 fully saturated rings. The molecule has 1 saturated carbocycles. The second kappa shape index (κ2) is 12.9. The van der Waals surface area contributed by atoms with Crippen LogP contribution in [0.15, 0.2) is 72.3 Å². The highest BCUT2D eigenvalue weighted by Crippen LogP contribution is 2.65. The van der Waals surface area contributed by atoms with Gasteiger partial charge in [0.05, 0.1) is 54.5 Å². The standard InChI is InChI=1S/C37H33Cl2N3O9/c1-50-21-7-3-18(4-8-21)37-26(34(47)42(36(37)49)40-28-12-5-19(38)15-27(28)39)17-25-22(32(37)23-9-6-20(43)16-29(23)51-2)10-11-24-31(25)35(48)41(33(24)46)14-13-30(44)45/h3-10,12,15-16,24-26,31-32,40,43H,11,13-14,17H2,1-2H3,(H,44,45)/t24-,25+,26-,31-,32+,37+/m0/s1. The third kappa shape index (κ3) is 5.31. The van der Waals surface area contributed by atoms with E-state index in [1.165, 1.54) is 32.4 Å². The smallest absolute Gasteiger partial charge is 0.305 e. The molecule has 14 heteroatoms. The van der Waals surface area contributed by atoms with Gasteiger partial charge in [0, 0.05) is 29.1 Å². The van der Waals surface area contributed by atoms with Gasteiger partial charge in [-0.15, -0.1) is 0 Å². The molecule has 2 aliphatic carbocycles. The molecule has 2 aliphatic heterocycles. The van der Waals surface area contributed by atoms with Crippen molar-refractivity contribution >= 4 is 58.5 Å². The first-order chi connectivity index (χ1) is 24.4. The van der Waals surface area contributed by atoms with E-state index in [1.54, 1.807) is 42.5 Å². The molecular weight excluding hydrogens is 701 g/mol. The summed E-state index contributed by atoms with van der Waals surface area (Å²) in [6.45, 7) is -0.270. The zero-order valence-corrected chi connectivity index (χ0v) is 29.0. The number of nitrogens with one attached hydrogen (secondary N) is 1. The molecule has 0 aromatic heterocycles. The molecule has 51 heavy (non-hydrogen) atoms. The van der Waals surface area contributed by atoms with Crippen LogP contribution < -0.4 is 14.9 Å². The normalized spacial score (nSPS) is 26.7. The van der Waals surface area contributed by atoms with Crippen LogP contribution in [0.4, 0.5) is 5.69 Å². The van der Waals surface area contributed by atoms with E-state index >= 15 is 4.79 Å². The van der Waals surface area contributed by atoms with Gasteiger partial charge in [-0.25, -0.2) is 0 Å². The summed E-state index contributed by atoms with van der Waals surface area (Å²) in [6.07, 6.45) is 1.66. The van der Waals surface area contributed by atoms with Crippen LogP contribution in [0.5, 0.6) is 17.2 Å². The Morgan fingerprint density at radius 2 is 1.69 bits per heavy atom. The van der Waals surface area contributed by atoms with E-state index in [4.69, 9.17) is 32.7 Å². The molecule has 2 heterocycles. The molecule has 6 atom stereocenters. The summed E-state index contributed by atoms with van der Waals surface area (Å²) in [6, 6.07) is 16.0. The number of halogens is 2. The molecule has 7 rings (SSSR count). The minimum atomic E-state index is -1.62. The van der Waals surface area contributed by atoms with Gasteiger partial charge in [0.1, 0.15) is 17.2 Å². The maximum atomic E-state index is 15.3. The van der Waals surface area contributed by atoms with Crippen molar-refractivity contribution in [1.29, 1.82) is 0 Å². The summed E-state index contributed by atoms with van der Waals surface area (Å²) in [5.41, 5.74) is 3.22. The Morgan fingerprint density at radius 1 is 0.941 bits per heavy atom. The molecule has 4 aliphatic rings. The van der Waals surface area contributed by atoms with Crippen LogP contribution in [0.3, 0.4) is 0 Å². The number of ether oxygens (including phenoxy) is 2. The van der Waals surface area contributed by atoms with E-state index in [-0.39, 0.29) is 41.6 Å². The highest BCUT2D eigenvalue weighted by atomic mass is 35.5. The number of methoxy groups -OCH3 is 2. The van der Waals surface area contributed by atoms with Crippen LogP contribution in [-0.4, -0.2) is 70.5 Å². The summed E-state index contributed by atoms with van der Waals surface area (Å²) in [4.78, 5) is 70.2. The summed E-state index contributed by atoms with van der Waals surface area (Å²) >= 11 is 12.6. The molecule has 264 valence electrons. The number of hydrogen-bond donors (Lipinski definition) is 3. The lowest BCUT2D eigenvalue weighted by atomic mass is 9.49. The number of hydrogen-bond acceptors (Lipinski definition) is 9. The number of carbonyl (C=O) groups is 5. The Balaban J connectivity index is 1.45. The van der Waals surface area contributed by atoms with Crippen molar-refractivity contribution in [2.45, 2.75) is 30.6 Å². The number of benzene rings is 3. The van der Waals surface area contributed by atoms with Gasteiger partial charge in [0.25, 0.3) is 11.8 Å². The maximum Gasteiger partial charge on any atom is 0.305 e. The highest BCUT2D eigenvalue weighted by molar-refractivity contribution is 6.36. The van der Waals surface area contributed by atoms with Gasteiger partial charge in [-0.3, -0.25) is 34.3 Å². The Hall–Kier alpha value is -5.07. The van der Waals surface area contributed by atoms with E-state index in [0.29, 0.717) is 27.5 Å². The van der Waals surface area contributed by atoms with E-state index in [0.717, 1.165) is 9.91 Å². The monoisotopic (exact) mass is 733 g/mol. The third-order valence-corrected chi connectivity index (χ3v) is 11.3. The lowest BCUT2D eigenvalue weighted by Crippen LogP contribution is -2.53. The number of imide groups is 2. The van der Waals surface area contributed by atoms with Crippen molar-refractivity contribution in [3.63, 3.8) is 0 Å². The van der Waals surface area contributed by atoms with Gasteiger partial charge in [0.2, 0.25) is 11.8 Å². The number of carboxylic acid groups (broad SMARTS) is 1. The van der Waals surface area contributed by atoms with Crippen LogP contribution >= 0.6 is 23.2 Å². The molecule has 0 radical (unpaired) electrons. The fourth-order valence-corrected chi connectivity index (χ4v) is 9.07. The largest absolute Gasteiger partial charge is 0.508 e. The molecule has 0 spiro atoms. The van der Waals surface area contributed by atoms with Crippen LogP contribution in [0.2, 0.25) is 10.0 Å². The average Bonchev–Trinajstić information content (AvgIpc) is 3.48. The van der Waals surface area contributed by atoms with Crippen LogP contribution in [-0.2, 0) is 29.4 Å². The van der Waals surface area contributed by atoms with Crippen molar-refractivity contribution in [2.24, 2.45) is 23.7 Å². The number of allylic oxidation sites excluding steroid dienone is 2. The fourth-order valence-electron chi connectivity index (χ4n) is 8.62. The number of carbonyl (C=O) groups excluding carboxylic acids is 4. The quantitative estimate of drug-likeness (QED) is 0.197. The van der Waals surface area contributed by atoms with Gasteiger partial charge in [-0.2, -0.15) is 5.01 Å². The minimum Gasteiger partial charge on any atom is -0.508 e. The Kier molecular flexibility index (Phi) is 8.71. The van der Waals surface area contributed by atoms with E-state index < -0.39 is 71.0 Å². The second-order valence-corrected chi connectivity index (χ2v) is 14.0. The molecule has 0 unspecified atom stereocenters. The number of likely N-dealkylation sites (tertiary alicyclic amines) is 1. The van der Waals surface area contributed by atoms with E-state index in [9.17, 15) is 29.4 Å². The number of phenolic OH excluding ortho intramolecular Hbond substituents is 1. The summed E-state index contributed by atoms with van der Waals surface area (Å²) in [7, 11) is 2.94. The number of hydrazine groups is 1. The first-order valence-electron chi connectivity index (χ1n) is 16.3. The predicted molar refractivity (Wildman–Crippen MR) is 184 cm³/mol. The van der Waals surface area contributed by atoms with Gasteiger partial charge < -0.3 is 19.7 Å². The van der Waals surface area contributed by atoms with Gasteiger partial charge in [0.15, 0.2) is 0 Å². The van der Waals surface area contributed by atoms with E-state index in [1.807, 2.05) is 6.08 Å². The minimum absolute atomic E-state index is 0.0266. The summed E-state index contributed by atoms with van der Waals surface area (Å²) in [5.74, 6) is -6.91. The molecule has 3 aromatic rings. The zero-order chi connectivity index (χ0) is 36.4. The number of anilines is 1. The number of nitrogens with zero attached hydrogens (tertiary/aromatic N) is 2. The number of rotatable bonds is 9. The summed E-state index contributed by atoms with van der Waals surface area (Å²) < 4.78 is 11.2. The van der Waals surface area contributed by atoms with Crippen molar-refractivity contribution in [1.82, 2.24) is 9.91 Å². The number of aromatic hydroxyl groups is 1. The highest BCUT2D eigenvalue weighted by Gasteiger charge is 2.70. The van der Waals surface area contributed by atoms with Gasteiger partial charge in [-0.1, -0.05) is 53.1 Å². The van der Waals surface area contributed by atoms with Crippen molar-refractivity contribution in [2.75, 3.05) is 26.2 Å². The first-order valence-corrected chi connectivity index (χ1v) is 17.1. The Labute approximate surface area is 302 Å². The molecule has 4 amide bonds. The molecule has 3 aromatic carbocycles. The third-order valence-electron chi connectivity index (χ3n) is 10.7. The zero-order valence-electron chi connectivity index (χ0n) is 27.5. The number of aliphatic carboxylic acids is 1. The molecule has 2 saturated heterocycles. The molecule has 0 bridgehead atoms. The number of phenols is 1. The first kappa shape index (κ1) is 34.4. The number of fused-ring (bicyclic) bond motifs is 4. The second-order valence-electron chi connectivity index (χ2n) is 13.1. The van der Waals surface area contributed by atoms with Crippen LogP contribution in [0.25, 0.3) is 0 Å². The van der Waals surface area contributed by atoms with Gasteiger partial charge in [-0.05, 0) is 60.7 Å². The fraction of sp³-hybridized carbons (Fsp3) is 0.324. The van der Waals surface area contributed by atoms with Crippen LogP contribution in [0.1, 0.15) is 36.3 Å². The maximum absolute atomic E-state index is 15.3. The average molecular weight is 735 g/mol. The lowest BCUT2D eigenvalue weighted by Gasteiger charge is -2.50. The Bertz CT molecular complexity index is 2020. The number of amides is 4. The molecular formula is C37H33Cl2N3O9. The Morgan fingerprint density at radius 3 is 2.35 bits per heavy atom. The van der Waals surface area contributed by atoms with E-state index in [2.05, 4.69) is 5.43 Å². The lowest BCUT2D eigenvalue weighted by molar-refractivity contribution is -0.143. The van der Waals surface area contributed by atoms with Crippen molar-refractivity contribution < 1.29 is 43.7 Å². The predicted octanol–water partition coefficient (Wildman–Crippen LogP) is 5.18. The summed E-state index contributed by atoms with van der Waals surface area (Å²) in [5, 5.41) is 21.3. The van der Waals surface area contributed by atoms with Gasteiger partial charge >= 0.3 is 5.97 Å². The molecule has 12 nitrogen and oxygen atoms in total. The molecule has 3 N–H and O–H groups in total. The van der Waals surface area contributed by atoms with Crippen LogP contribution in [0, 0.1) is 23.7 Å². The SMILES string of the molecule is COc1ccc([C@@]23C(=O)N(Nc4ccc(Cl)cc4Cl)C(=O)[C@@H]2C[C@@H]2C(=CC[C@@H]4C(=O)N(CCC(=O)O)C(=O)[C@@H]42)[C@@H]3c2ccc(O)cc2OC)cc1. The topological polar surface area (TPSA) is 163 Å². The van der Waals surface area contributed by atoms with Crippen molar-refractivity contribution in [3.05, 3.63) is 93.5 Å².